The molecular weight excluding hydrogens is 314 g/mol. The predicted octanol–water partition coefficient (Wildman–Crippen LogP) is 4.27. The molecule has 0 bridgehead atoms. The van der Waals surface area contributed by atoms with Crippen molar-refractivity contribution in [1.82, 2.24) is 4.57 Å². The van der Waals surface area contributed by atoms with Crippen LogP contribution in [0.15, 0.2) is 42.5 Å². The number of ether oxygens (including phenoxy) is 1. The standard InChI is InChI=1S/C20H23N3O2/c1-4-23-18-12-16(25-5-2)10-11-17(18)19(21)20(23)14-6-8-15(9-7-14)22-13(3)24/h6-12H,4-5,21H2,1-3H3,(H,22,24). The first-order valence-corrected chi connectivity index (χ1v) is 8.47. The van der Waals surface area contributed by atoms with E-state index in [2.05, 4.69) is 16.8 Å². The van der Waals surface area contributed by atoms with E-state index in [4.69, 9.17) is 10.5 Å². The van der Waals surface area contributed by atoms with Gasteiger partial charge in [-0.05, 0) is 38.1 Å². The number of anilines is 2. The molecule has 0 saturated carbocycles. The zero-order chi connectivity index (χ0) is 18.0. The number of rotatable bonds is 5. The Hall–Kier alpha value is -2.95. The summed E-state index contributed by atoms with van der Waals surface area (Å²) in [6.07, 6.45) is 0. The largest absolute Gasteiger partial charge is 0.494 e. The van der Waals surface area contributed by atoms with Crippen LogP contribution in [0.3, 0.4) is 0 Å². The molecule has 3 rings (SSSR count). The number of hydrogen-bond acceptors (Lipinski definition) is 3. The van der Waals surface area contributed by atoms with Crippen LogP contribution in [-0.4, -0.2) is 17.1 Å². The molecule has 0 aliphatic rings. The van der Waals surface area contributed by atoms with Gasteiger partial charge in [-0.15, -0.1) is 0 Å². The molecule has 1 amide bonds. The molecule has 1 aromatic heterocycles. The summed E-state index contributed by atoms with van der Waals surface area (Å²) in [7, 11) is 0. The van der Waals surface area contributed by atoms with Crippen LogP contribution in [-0.2, 0) is 11.3 Å². The molecule has 0 saturated heterocycles. The van der Waals surface area contributed by atoms with Crippen molar-refractivity contribution in [2.75, 3.05) is 17.7 Å². The van der Waals surface area contributed by atoms with Gasteiger partial charge in [0.05, 0.1) is 23.5 Å². The highest BCUT2D eigenvalue weighted by Crippen LogP contribution is 2.37. The molecule has 0 radical (unpaired) electrons. The second-order valence-corrected chi connectivity index (χ2v) is 5.88. The topological polar surface area (TPSA) is 69.3 Å². The summed E-state index contributed by atoms with van der Waals surface area (Å²) in [4.78, 5) is 11.2. The summed E-state index contributed by atoms with van der Waals surface area (Å²) in [5.74, 6) is 0.758. The van der Waals surface area contributed by atoms with E-state index in [9.17, 15) is 4.79 Å². The van der Waals surface area contributed by atoms with Crippen molar-refractivity contribution in [3.63, 3.8) is 0 Å². The molecular formula is C20H23N3O2. The lowest BCUT2D eigenvalue weighted by Crippen LogP contribution is -2.05. The van der Waals surface area contributed by atoms with Crippen molar-refractivity contribution in [1.29, 1.82) is 0 Å². The molecule has 0 atom stereocenters. The highest BCUT2D eigenvalue weighted by atomic mass is 16.5. The highest BCUT2D eigenvalue weighted by Gasteiger charge is 2.16. The van der Waals surface area contributed by atoms with Gasteiger partial charge in [0, 0.05) is 36.2 Å². The number of hydrogen-bond donors (Lipinski definition) is 2. The van der Waals surface area contributed by atoms with Crippen molar-refractivity contribution < 1.29 is 9.53 Å². The van der Waals surface area contributed by atoms with Crippen LogP contribution in [0.2, 0.25) is 0 Å². The molecule has 5 heteroatoms. The fourth-order valence-corrected chi connectivity index (χ4v) is 3.17. The zero-order valence-corrected chi connectivity index (χ0v) is 14.8. The molecule has 0 spiro atoms. The monoisotopic (exact) mass is 337 g/mol. The van der Waals surface area contributed by atoms with Crippen LogP contribution in [0, 0.1) is 0 Å². The second-order valence-electron chi connectivity index (χ2n) is 5.88. The van der Waals surface area contributed by atoms with Gasteiger partial charge in [0.25, 0.3) is 0 Å². The molecule has 1 heterocycles. The summed E-state index contributed by atoms with van der Waals surface area (Å²) in [6, 6.07) is 13.7. The van der Waals surface area contributed by atoms with Crippen LogP contribution < -0.4 is 15.8 Å². The lowest BCUT2D eigenvalue weighted by molar-refractivity contribution is -0.114. The van der Waals surface area contributed by atoms with E-state index in [0.29, 0.717) is 6.61 Å². The Labute approximate surface area is 147 Å². The van der Waals surface area contributed by atoms with Gasteiger partial charge in [0.2, 0.25) is 5.91 Å². The van der Waals surface area contributed by atoms with E-state index in [1.54, 1.807) is 0 Å². The fraction of sp³-hybridized carbons (Fsp3) is 0.250. The van der Waals surface area contributed by atoms with Gasteiger partial charge in [-0.3, -0.25) is 4.79 Å². The Morgan fingerprint density at radius 2 is 1.88 bits per heavy atom. The minimum absolute atomic E-state index is 0.0848. The first kappa shape index (κ1) is 16.9. The van der Waals surface area contributed by atoms with Gasteiger partial charge >= 0.3 is 0 Å². The number of aryl methyl sites for hydroxylation is 1. The lowest BCUT2D eigenvalue weighted by Gasteiger charge is -2.10. The first-order chi connectivity index (χ1) is 12.0. The molecule has 0 fully saturated rings. The average molecular weight is 337 g/mol. The van der Waals surface area contributed by atoms with Crippen LogP contribution in [0.5, 0.6) is 5.75 Å². The highest BCUT2D eigenvalue weighted by molar-refractivity contribution is 6.01. The number of amides is 1. The number of fused-ring (bicyclic) bond motifs is 1. The number of nitrogens with one attached hydrogen (secondary N) is 1. The van der Waals surface area contributed by atoms with E-state index >= 15 is 0 Å². The third-order valence-electron chi connectivity index (χ3n) is 4.18. The van der Waals surface area contributed by atoms with Crippen LogP contribution in [0.1, 0.15) is 20.8 Å². The second kappa shape index (κ2) is 6.89. The number of nitrogens with zero attached hydrogens (tertiary/aromatic N) is 1. The summed E-state index contributed by atoms with van der Waals surface area (Å²) in [5, 5.41) is 3.80. The van der Waals surface area contributed by atoms with Crippen molar-refractivity contribution >= 4 is 28.2 Å². The molecule has 0 unspecified atom stereocenters. The smallest absolute Gasteiger partial charge is 0.221 e. The van der Waals surface area contributed by atoms with Crippen LogP contribution >= 0.6 is 0 Å². The SMILES string of the molecule is CCOc1ccc2c(N)c(-c3ccc(NC(C)=O)cc3)n(CC)c2c1. The molecule has 2 aromatic carbocycles. The van der Waals surface area contributed by atoms with Gasteiger partial charge in [0.1, 0.15) is 5.75 Å². The molecule has 25 heavy (non-hydrogen) atoms. The Bertz CT molecular complexity index is 911. The molecule has 0 aliphatic carbocycles. The van der Waals surface area contributed by atoms with Gasteiger partial charge in [-0.25, -0.2) is 0 Å². The third kappa shape index (κ3) is 3.18. The number of aromatic nitrogens is 1. The Balaban J connectivity index is 2.11. The molecule has 3 aromatic rings. The summed E-state index contributed by atoms with van der Waals surface area (Å²) in [6.45, 7) is 7.00. The Morgan fingerprint density at radius 1 is 1.16 bits per heavy atom. The number of benzene rings is 2. The number of carbonyl (C=O) groups excluding carboxylic acids is 1. The van der Waals surface area contributed by atoms with Gasteiger partial charge in [-0.1, -0.05) is 12.1 Å². The Kier molecular flexibility index (Phi) is 4.65. The summed E-state index contributed by atoms with van der Waals surface area (Å²) >= 11 is 0. The maximum Gasteiger partial charge on any atom is 0.221 e. The van der Waals surface area contributed by atoms with Gasteiger partial charge in [0.15, 0.2) is 0 Å². The minimum atomic E-state index is -0.0848. The normalized spacial score (nSPS) is 10.8. The van der Waals surface area contributed by atoms with Crippen molar-refractivity contribution in [3.8, 4) is 17.0 Å². The predicted molar refractivity (Wildman–Crippen MR) is 103 cm³/mol. The molecule has 0 aliphatic heterocycles. The van der Waals surface area contributed by atoms with E-state index in [-0.39, 0.29) is 5.91 Å². The quantitative estimate of drug-likeness (QED) is 0.730. The zero-order valence-electron chi connectivity index (χ0n) is 14.8. The minimum Gasteiger partial charge on any atom is -0.494 e. The van der Waals surface area contributed by atoms with Gasteiger partial charge < -0.3 is 20.4 Å². The van der Waals surface area contributed by atoms with Gasteiger partial charge in [-0.2, -0.15) is 0 Å². The molecule has 130 valence electrons. The summed E-state index contributed by atoms with van der Waals surface area (Å²) < 4.78 is 7.82. The molecule has 5 nitrogen and oxygen atoms in total. The number of carbonyl (C=O) groups is 1. The van der Waals surface area contributed by atoms with Crippen LogP contribution in [0.25, 0.3) is 22.2 Å². The summed E-state index contributed by atoms with van der Waals surface area (Å²) in [5.41, 5.74) is 11.1. The van der Waals surface area contributed by atoms with E-state index in [0.717, 1.165) is 45.8 Å². The fourth-order valence-electron chi connectivity index (χ4n) is 3.17. The number of nitrogen functional groups attached to an aromatic ring is 1. The maximum absolute atomic E-state index is 11.2. The van der Waals surface area contributed by atoms with E-state index < -0.39 is 0 Å². The van der Waals surface area contributed by atoms with Crippen molar-refractivity contribution in [2.24, 2.45) is 0 Å². The van der Waals surface area contributed by atoms with Crippen molar-refractivity contribution in [3.05, 3.63) is 42.5 Å². The number of nitrogens with two attached hydrogens (primary N) is 1. The van der Waals surface area contributed by atoms with E-state index in [1.165, 1.54) is 6.92 Å². The lowest BCUT2D eigenvalue weighted by atomic mass is 10.1. The first-order valence-electron chi connectivity index (χ1n) is 8.47. The molecule has 3 N–H and O–H groups in total. The Morgan fingerprint density at radius 3 is 2.48 bits per heavy atom. The van der Waals surface area contributed by atoms with Crippen LogP contribution in [0.4, 0.5) is 11.4 Å². The third-order valence-corrected chi connectivity index (χ3v) is 4.18. The maximum atomic E-state index is 11.2. The average Bonchev–Trinajstić information content (AvgIpc) is 2.87. The van der Waals surface area contributed by atoms with Crippen molar-refractivity contribution in [2.45, 2.75) is 27.3 Å². The van der Waals surface area contributed by atoms with E-state index in [1.807, 2.05) is 49.4 Å².